The van der Waals surface area contributed by atoms with Crippen molar-refractivity contribution in [1.29, 1.82) is 5.26 Å². The predicted octanol–water partition coefficient (Wildman–Crippen LogP) is 5.89. The molecule has 0 aliphatic carbocycles. The molecule has 4 heteroatoms. The molecule has 0 N–H and O–H groups in total. The van der Waals surface area contributed by atoms with Crippen molar-refractivity contribution < 1.29 is 4.74 Å². The molecule has 0 unspecified atom stereocenters. The summed E-state index contributed by atoms with van der Waals surface area (Å²) in [6, 6.07) is 23.3. The molecule has 1 fully saturated rings. The average Bonchev–Trinajstić information content (AvgIpc) is 2.85. The fraction of sp³-hybridized carbons (Fsp3) is 0.241. The highest BCUT2D eigenvalue weighted by molar-refractivity contribution is 6.01. The van der Waals surface area contributed by atoms with Gasteiger partial charge in [-0.3, -0.25) is 9.88 Å². The molecular weight excluding hydrogens is 406 g/mol. The number of fused-ring (bicyclic) bond motifs is 1. The van der Waals surface area contributed by atoms with Crippen LogP contribution in [-0.2, 0) is 11.3 Å². The lowest BCUT2D eigenvalue weighted by atomic mass is 9.88. The van der Waals surface area contributed by atoms with Crippen molar-refractivity contribution in [2.45, 2.75) is 20.4 Å². The van der Waals surface area contributed by atoms with E-state index in [1.54, 1.807) is 0 Å². The Morgan fingerprint density at radius 1 is 0.970 bits per heavy atom. The van der Waals surface area contributed by atoms with Crippen LogP contribution in [-0.4, -0.2) is 36.2 Å². The molecule has 0 saturated carbocycles. The Morgan fingerprint density at radius 2 is 1.73 bits per heavy atom. The molecule has 4 nitrogen and oxygen atoms in total. The first kappa shape index (κ1) is 21.3. The van der Waals surface area contributed by atoms with Crippen LogP contribution in [0.3, 0.4) is 0 Å². The molecule has 1 aliphatic heterocycles. The molecule has 164 valence electrons. The number of rotatable bonds is 4. The van der Waals surface area contributed by atoms with Crippen LogP contribution in [0.2, 0.25) is 0 Å². The summed E-state index contributed by atoms with van der Waals surface area (Å²) in [5.41, 5.74) is 9.82. The van der Waals surface area contributed by atoms with Gasteiger partial charge in [0.15, 0.2) is 0 Å². The number of aromatic nitrogens is 1. The highest BCUT2D eigenvalue weighted by Crippen LogP contribution is 2.38. The van der Waals surface area contributed by atoms with E-state index in [2.05, 4.69) is 60.1 Å². The van der Waals surface area contributed by atoms with Gasteiger partial charge in [-0.15, -0.1) is 0 Å². The van der Waals surface area contributed by atoms with E-state index in [-0.39, 0.29) is 0 Å². The first-order valence-corrected chi connectivity index (χ1v) is 11.4. The first-order valence-electron chi connectivity index (χ1n) is 11.4. The van der Waals surface area contributed by atoms with E-state index in [9.17, 15) is 5.26 Å². The van der Waals surface area contributed by atoms with Crippen LogP contribution in [0.25, 0.3) is 33.2 Å². The van der Waals surface area contributed by atoms with Crippen LogP contribution in [0.5, 0.6) is 0 Å². The third-order valence-electron chi connectivity index (χ3n) is 6.57. The minimum Gasteiger partial charge on any atom is -0.379 e. The molecule has 5 rings (SSSR count). The van der Waals surface area contributed by atoms with Gasteiger partial charge in [0.25, 0.3) is 0 Å². The lowest BCUT2D eigenvalue weighted by Crippen LogP contribution is -2.35. The molecule has 33 heavy (non-hydrogen) atoms. The zero-order valence-corrected chi connectivity index (χ0v) is 19.1. The molecule has 0 atom stereocenters. The first-order chi connectivity index (χ1) is 16.2. The number of hydrogen-bond acceptors (Lipinski definition) is 4. The van der Waals surface area contributed by atoms with Crippen LogP contribution in [0, 0.1) is 25.2 Å². The maximum absolute atomic E-state index is 9.67. The highest BCUT2D eigenvalue weighted by atomic mass is 16.5. The normalized spacial score (nSPS) is 14.3. The van der Waals surface area contributed by atoms with Crippen LogP contribution in [0.1, 0.15) is 22.3 Å². The number of morpholine rings is 1. The lowest BCUT2D eigenvalue weighted by Gasteiger charge is -2.26. The second-order valence-corrected chi connectivity index (χ2v) is 8.69. The maximum Gasteiger partial charge on any atom is 0.0998 e. The van der Waals surface area contributed by atoms with E-state index >= 15 is 0 Å². The third kappa shape index (κ3) is 4.14. The zero-order valence-electron chi connectivity index (χ0n) is 19.1. The Hall–Kier alpha value is -3.52. The van der Waals surface area contributed by atoms with Gasteiger partial charge in [-0.1, -0.05) is 42.5 Å². The summed E-state index contributed by atoms with van der Waals surface area (Å²) in [4.78, 5) is 7.10. The summed E-state index contributed by atoms with van der Waals surface area (Å²) in [6.07, 6.45) is 1.84. The van der Waals surface area contributed by atoms with E-state index in [1.807, 2.05) is 36.5 Å². The number of pyridine rings is 1. The summed E-state index contributed by atoms with van der Waals surface area (Å²) >= 11 is 0. The van der Waals surface area contributed by atoms with Gasteiger partial charge in [-0.05, 0) is 65.4 Å². The Morgan fingerprint density at radius 3 is 2.48 bits per heavy atom. The Balaban J connectivity index is 1.58. The Bertz CT molecular complexity index is 1350. The number of aryl methyl sites for hydroxylation is 2. The topological polar surface area (TPSA) is 49.2 Å². The summed E-state index contributed by atoms with van der Waals surface area (Å²) in [6.45, 7) is 8.90. The van der Waals surface area contributed by atoms with Gasteiger partial charge >= 0.3 is 0 Å². The SMILES string of the molecule is Cc1cc2nccc(-c3ccccc3C#N)c2c(C)c1-c1ccc(CN2CCOCC2)cc1. The van der Waals surface area contributed by atoms with Crippen LogP contribution >= 0.6 is 0 Å². The smallest absolute Gasteiger partial charge is 0.0998 e. The van der Waals surface area contributed by atoms with E-state index in [0.717, 1.165) is 54.9 Å². The second-order valence-electron chi connectivity index (χ2n) is 8.69. The van der Waals surface area contributed by atoms with Crippen molar-refractivity contribution in [3.63, 3.8) is 0 Å². The van der Waals surface area contributed by atoms with E-state index in [1.165, 1.54) is 27.8 Å². The maximum atomic E-state index is 9.67. The summed E-state index contributed by atoms with van der Waals surface area (Å²) in [5, 5.41) is 10.8. The molecule has 1 aromatic heterocycles. The van der Waals surface area contributed by atoms with Crippen molar-refractivity contribution in [3.8, 4) is 28.3 Å². The second kappa shape index (κ2) is 9.15. The molecule has 4 aromatic rings. The number of benzene rings is 3. The van der Waals surface area contributed by atoms with Gasteiger partial charge in [-0.25, -0.2) is 0 Å². The summed E-state index contributed by atoms with van der Waals surface area (Å²) in [5.74, 6) is 0. The number of nitrogens with zero attached hydrogens (tertiary/aromatic N) is 3. The van der Waals surface area contributed by atoms with Crippen molar-refractivity contribution in [3.05, 3.63) is 89.1 Å². The van der Waals surface area contributed by atoms with Crippen LogP contribution < -0.4 is 0 Å². The molecule has 1 saturated heterocycles. The van der Waals surface area contributed by atoms with Crippen molar-refractivity contribution in [2.75, 3.05) is 26.3 Å². The fourth-order valence-corrected chi connectivity index (χ4v) is 4.96. The molecular formula is C29H27N3O. The van der Waals surface area contributed by atoms with Gasteiger partial charge in [-0.2, -0.15) is 5.26 Å². The lowest BCUT2D eigenvalue weighted by molar-refractivity contribution is 0.0342. The fourth-order valence-electron chi connectivity index (χ4n) is 4.96. The molecule has 0 radical (unpaired) electrons. The van der Waals surface area contributed by atoms with Gasteiger partial charge < -0.3 is 4.74 Å². The molecule has 0 amide bonds. The molecule has 0 spiro atoms. The van der Waals surface area contributed by atoms with Gasteiger partial charge in [0.1, 0.15) is 0 Å². The van der Waals surface area contributed by atoms with Gasteiger partial charge in [0, 0.05) is 36.8 Å². The average molecular weight is 434 g/mol. The summed E-state index contributed by atoms with van der Waals surface area (Å²) < 4.78 is 5.47. The standard InChI is InChI=1S/C29H27N3O/c1-20-17-27-29(26(11-12-31-27)25-6-4-3-5-24(25)18-30)21(2)28(20)23-9-7-22(8-10-23)19-32-13-15-33-16-14-32/h3-12,17H,13-16,19H2,1-2H3. The van der Waals surface area contributed by atoms with Gasteiger partial charge in [0.2, 0.25) is 0 Å². The van der Waals surface area contributed by atoms with E-state index in [0.29, 0.717) is 5.56 Å². The largest absolute Gasteiger partial charge is 0.379 e. The molecule has 3 aromatic carbocycles. The van der Waals surface area contributed by atoms with Crippen molar-refractivity contribution in [1.82, 2.24) is 9.88 Å². The van der Waals surface area contributed by atoms with Crippen molar-refractivity contribution >= 4 is 10.9 Å². The number of hydrogen-bond donors (Lipinski definition) is 0. The highest BCUT2D eigenvalue weighted by Gasteiger charge is 2.16. The Labute approximate surface area is 195 Å². The molecule has 2 heterocycles. The summed E-state index contributed by atoms with van der Waals surface area (Å²) in [7, 11) is 0. The predicted molar refractivity (Wildman–Crippen MR) is 133 cm³/mol. The minimum atomic E-state index is 0.680. The van der Waals surface area contributed by atoms with Crippen molar-refractivity contribution in [2.24, 2.45) is 0 Å². The third-order valence-corrected chi connectivity index (χ3v) is 6.57. The Kier molecular flexibility index (Phi) is 5.92. The number of ether oxygens (including phenoxy) is 1. The van der Waals surface area contributed by atoms with Crippen LogP contribution in [0.15, 0.2) is 66.9 Å². The molecule has 1 aliphatic rings. The van der Waals surface area contributed by atoms with Gasteiger partial charge in [0.05, 0.1) is 30.4 Å². The quantitative estimate of drug-likeness (QED) is 0.403. The zero-order chi connectivity index (χ0) is 22.8. The minimum absolute atomic E-state index is 0.680. The van der Waals surface area contributed by atoms with E-state index < -0.39 is 0 Å². The monoisotopic (exact) mass is 433 g/mol. The molecule has 0 bridgehead atoms. The van der Waals surface area contributed by atoms with Crippen LogP contribution in [0.4, 0.5) is 0 Å². The number of nitriles is 1. The van der Waals surface area contributed by atoms with E-state index in [4.69, 9.17) is 4.74 Å².